The molecule has 0 saturated carbocycles. The molecule has 0 unspecified atom stereocenters. The lowest BCUT2D eigenvalue weighted by Gasteiger charge is -2.25. The van der Waals surface area contributed by atoms with Crippen LogP contribution in [-0.2, 0) is 16.1 Å². The van der Waals surface area contributed by atoms with Crippen LogP contribution in [0.25, 0.3) is 0 Å². The first-order chi connectivity index (χ1) is 12.6. The van der Waals surface area contributed by atoms with Crippen LogP contribution < -0.4 is 5.32 Å². The average molecular weight is 360 g/mol. The number of furan rings is 2. The number of rotatable bonds is 8. The monoisotopic (exact) mass is 360 g/mol. The van der Waals surface area contributed by atoms with E-state index in [0.29, 0.717) is 36.7 Å². The van der Waals surface area contributed by atoms with Crippen LogP contribution in [0.2, 0.25) is 0 Å². The minimum Gasteiger partial charge on any atom is -0.469 e. The molecule has 2 aromatic rings. The number of hydrogen-bond acceptors (Lipinski definition) is 5. The minimum absolute atomic E-state index is 0.0253. The molecule has 1 aliphatic rings. The van der Waals surface area contributed by atoms with Gasteiger partial charge < -0.3 is 23.8 Å². The fourth-order valence-corrected chi connectivity index (χ4v) is 3.01. The van der Waals surface area contributed by atoms with Gasteiger partial charge in [-0.15, -0.1) is 0 Å². The number of hydrogen-bond donors (Lipinski definition) is 1. The van der Waals surface area contributed by atoms with E-state index < -0.39 is 0 Å². The molecule has 0 radical (unpaired) electrons. The third-order valence-corrected chi connectivity index (χ3v) is 4.47. The van der Waals surface area contributed by atoms with Gasteiger partial charge in [-0.25, -0.2) is 0 Å². The minimum atomic E-state index is -0.134. The Balaban J connectivity index is 1.56. The SMILES string of the molecule is Cc1occc1C(=O)N(CCC(=O)NCc1ccco1)C[C@H]1CCCO1. The molecule has 7 heteroatoms. The van der Waals surface area contributed by atoms with Gasteiger partial charge in [-0.2, -0.15) is 0 Å². The summed E-state index contributed by atoms with van der Waals surface area (Å²) in [6.45, 7) is 3.63. The van der Waals surface area contributed by atoms with Crippen molar-refractivity contribution >= 4 is 11.8 Å². The normalized spacial score (nSPS) is 16.6. The summed E-state index contributed by atoms with van der Waals surface area (Å²) in [7, 11) is 0. The molecule has 0 spiro atoms. The molecule has 0 bridgehead atoms. The van der Waals surface area contributed by atoms with Gasteiger partial charge in [-0.3, -0.25) is 9.59 Å². The molecule has 3 heterocycles. The summed E-state index contributed by atoms with van der Waals surface area (Å²) in [6, 6.07) is 5.24. The number of ether oxygens (including phenoxy) is 1. The fourth-order valence-electron chi connectivity index (χ4n) is 3.01. The second kappa shape index (κ2) is 8.71. The Morgan fingerprint density at radius 3 is 2.81 bits per heavy atom. The molecule has 1 N–H and O–H groups in total. The van der Waals surface area contributed by atoms with Gasteiger partial charge in [0.25, 0.3) is 5.91 Å². The highest BCUT2D eigenvalue weighted by Gasteiger charge is 2.25. The molecule has 7 nitrogen and oxygen atoms in total. The van der Waals surface area contributed by atoms with Crippen molar-refractivity contribution in [1.82, 2.24) is 10.2 Å². The summed E-state index contributed by atoms with van der Waals surface area (Å²) in [5.41, 5.74) is 0.527. The van der Waals surface area contributed by atoms with Crippen LogP contribution in [0.5, 0.6) is 0 Å². The Kier molecular flexibility index (Phi) is 6.12. The highest BCUT2D eigenvalue weighted by atomic mass is 16.5. The maximum atomic E-state index is 12.8. The lowest BCUT2D eigenvalue weighted by Crippen LogP contribution is -2.40. The Bertz CT molecular complexity index is 716. The van der Waals surface area contributed by atoms with Gasteiger partial charge in [0.15, 0.2) is 0 Å². The van der Waals surface area contributed by atoms with Crippen molar-refractivity contribution < 1.29 is 23.2 Å². The van der Waals surface area contributed by atoms with Crippen molar-refractivity contribution in [3.8, 4) is 0 Å². The van der Waals surface area contributed by atoms with E-state index >= 15 is 0 Å². The molecule has 26 heavy (non-hydrogen) atoms. The zero-order chi connectivity index (χ0) is 18.4. The number of nitrogens with zero attached hydrogens (tertiary/aromatic N) is 1. The summed E-state index contributed by atoms with van der Waals surface area (Å²) in [5.74, 6) is 1.01. The van der Waals surface area contributed by atoms with Crippen LogP contribution in [0.4, 0.5) is 0 Å². The quantitative estimate of drug-likeness (QED) is 0.782. The highest BCUT2D eigenvalue weighted by Crippen LogP contribution is 2.17. The van der Waals surface area contributed by atoms with E-state index in [2.05, 4.69) is 5.32 Å². The number of carbonyl (C=O) groups excluding carboxylic acids is 2. The highest BCUT2D eigenvalue weighted by molar-refractivity contribution is 5.95. The molecular weight excluding hydrogens is 336 g/mol. The number of carbonyl (C=O) groups is 2. The van der Waals surface area contributed by atoms with Gasteiger partial charge >= 0.3 is 0 Å². The molecule has 1 atom stereocenters. The predicted octanol–water partition coefficient (Wildman–Crippen LogP) is 2.51. The number of nitrogens with one attached hydrogen (secondary N) is 1. The Labute approximate surface area is 152 Å². The molecule has 0 aliphatic carbocycles. The third-order valence-electron chi connectivity index (χ3n) is 4.47. The summed E-state index contributed by atoms with van der Waals surface area (Å²) >= 11 is 0. The van der Waals surface area contributed by atoms with Crippen LogP contribution >= 0.6 is 0 Å². The Hall–Kier alpha value is -2.54. The fraction of sp³-hybridized carbons (Fsp3) is 0.474. The zero-order valence-corrected chi connectivity index (χ0v) is 14.9. The second-order valence-electron chi connectivity index (χ2n) is 6.38. The van der Waals surface area contributed by atoms with E-state index in [9.17, 15) is 9.59 Å². The van der Waals surface area contributed by atoms with E-state index in [0.717, 1.165) is 19.4 Å². The van der Waals surface area contributed by atoms with Crippen LogP contribution in [0.3, 0.4) is 0 Å². The van der Waals surface area contributed by atoms with Gasteiger partial charge in [0, 0.05) is 26.1 Å². The lowest BCUT2D eigenvalue weighted by atomic mass is 10.1. The van der Waals surface area contributed by atoms with Crippen molar-refractivity contribution in [1.29, 1.82) is 0 Å². The van der Waals surface area contributed by atoms with Crippen LogP contribution in [0, 0.1) is 6.92 Å². The summed E-state index contributed by atoms with van der Waals surface area (Å²) in [6.07, 6.45) is 5.24. The number of amides is 2. The Morgan fingerprint density at radius 1 is 1.27 bits per heavy atom. The molecule has 140 valence electrons. The largest absolute Gasteiger partial charge is 0.469 e. The standard InChI is InChI=1S/C19H24N2O5/c1-14-17(7-11-24-14)19(23)21(13-16-5-3-10-26-16)8-6-18(22)20-12-15-4-2-9-25-15/h2,4,7,9,11,16H,3,5-6,8,10,12-13H2,1H3,(H,20,22)/t16-/m1/s1. The molecule has 1 saturated heterocycles. The van der Waals surface area contributed by atoms with Crippen LogP contribution in [0.15, 0.2) is 39.6 Å². The zero-order valence-electron chi connectivity index (χ0n) is 14.9. The molecule has 2 aromatic heterocycles. The molecule has 0 aromatic carbocycles. The van der Waals surface area contributed by atoms with Gasteiger partial charge in [-0.1, -0.05) is 0 Å². The lowest BCUT2D eigenvalue weighted by molar-refractivity contribution is -0.121. The molecule has 3 rings (SSSR count). The van der Waals surface area contributed by atoms with Crippen molar-refractivity contribution in [2.24, 2.45) is 0 Å². The molecule has 1 aliphatic heterocycles. The van der Waals surface area contributed by atoms with E-state index in [1.165, 1.54) is 6.26 Å². The molecule has 2 amide bonds. The first-order valence-corrected chi connectivity index (χ1v) is 8.87. The summed E-state index contributed by atoms with van der Waals surface area (Å²) in [5, 5.41) is 2.80. The van der Waals surface area contributed by atoms with Gasteiger partial charge in [0.05, 0.1) is 30.7 Å². The first-order valence-electron chi connectivity index (χ1n) is 8.87. The summed E-state index contributed by atoms with van der Waals surface area (Å²) in [4.78, 5) is 26.6. The Morgan fingerprint density at radius 2 is 2.15 bits per heavy atom. The second-order valence-corrected chi connectivity index (χ2v) is 6.38. The van der Waals surface area contributed by atoms with Crippen LogP contribution in [0.1, 0.15) is 41.1 Å². The van der Waals surface area contributed by atoms with Crippen molar-refractivity contribution in [3.63, 3.8) is 0 Å². The molecular formula is C19H24N2O5. The van der Waals surface area contributed by atoms with E-state index in [1.807, 2.05) is 0 Å². The topological polar surface area (TPSA) is 84.9 Å². The van der Waals surface area contributed by atoms with Gasteiger partial charge in [-0.05, 0) is 38.0 Å². The van der Waals surface area contributed by atoms with E-state index in [1.54, 1.807) is 36.3 Å². The van der Waals surface area contributed by atoms with Crippen molar-refractivity contribution in [2.75, 3.05) is 19.7 Å². The van der Waals surface area contributed by atoms with Crippen LogP contribution in [-0.4, -0.2) is 42.5 Å². The van der Waals surface area contributed by atoms with Gasteiger partial charge in [0.2, 0.25) is 5.91 Å². The first kappa shape index (κ1) is 18.3. The maximum Gasteiger partial charge on any atom is 0.257 e. The maximum absolute atomic E-state index is 12.8. The third kappa shape index (κ3) is 4.76. The van der Waals surface area contributed by atoms with E-state index in [-0.39, 0.29) is 24.3 Å². The summed E-state index contributed by atoms with van der Waals surface area (Å²) < 4.78 is 16.1. The van der Waals surface area contributed by atoms with Crippen molar-refractivity contribution in [3.05, 3.63) is 47.8 Å². The van der Waals surface area contributed by atoms with Gasteiger partial charge in [0.1, 0.15) is 11.5 Å². The smallest absolute Gasteiger partial charge is 0.257 e. The molecule has 1 fully saturated rings. The van der Waals surface area contributed by atoms with Crippen molar-refractivity contribution in [2.45, 2.75) is 38.8 Å². The predicted molar refractivity (Wildman–Crippen MR) is 93.5 cm³/mol. The number of aryl methyl sites for hydroxylation is 1. The van der Waals surface area contributed by atoms with E-state index in [4.69, 9.17) is 13.6 Å². The average Bonchev–Trinajstić information content (AvgIpc) is 3.38.